The van der Waals surface area contributed by atoms with E-state index >= 15 is 0 Å². The van der Waals surface area contributed by atoms with E-state index in [1.165, 1.54) is 61.5 Å². The average Bonchev–Trinajstić information content (AvgIpc) is 2.65. The van der Waals surface area contributed by atoms with Gasteiger partial charge in [0.15, 0.2) is 0 Å². The van der Waals surface area contributed by atoms with Gasteiger partial charge in [-0.25, -0.2) is 0 Å². The van der Waals surface area contributed by atoms with Crippen molar-refractivity contribution in [1.82, 2.24) is 9.19 Å². The Labute approximate surface area is 97.8 Å². The number of hydrogen-bond acceptors (Lipinski definition) is 2. The minimum atomic E-state index is 0.309. The molecule has 0 spiro atoms. The van der Waals surface area contributed by atoms with E-state index in [4.69, 9.17) is 0 Å². The summed E-state index contributed by atoms with van der Waals surface area (Å²) in [5.74, 6) is 0. The normalized spacial score (nSPS) is 21.1. The second kappa shape index (κ2) is 6.24. The van der Waals surface area contributed by atoms with Gasteiger partial charge < -0.3 is 0 Å². The first-order chi connectivity index (χ1) is 7.47. The van der Waals surface area contributed by atoms with Crippen molar-refractivity contribution < 1.29 is 0 Å². The summed E-state index contributed by atoms with van der Waals surface area (Å²) in [6, 6.07) is 0. The zero-order chi connectivity index (χ0) is 10.3. The molecule has 0 fully saturated rings. The Morgan fingerprint density at radius 3 is 2.73 bits per heavy atom. The Kier molecular flexibility index (Phi) is 4.62. The number of aromatic nitrogens is 2. The summed E-state index contributed by atoms with van der Waals surface area (Å²) in [6.07, 6.45) is 15.2. The molecule has 1 aliphatic carbocycles. The third-order valence-corrected chi connectivity index (χ3v) is 4.56. The summed E-state index contributed by atoms with van der Waals surface area (Å²) in [5.41, 5.74) is 1.18. The van der Waals surface area contributed by atoms with Gasteiger partial charge in [-0.2, -0.15) is 0 Å². The molecule has 1 aromatic rings. The third-order valence-electron chi connectivity index (χ3n) is 2.89. The van der Waals surface area contributed by atoms with E-state index in [1.54, 1.807) is 0 Å². The van der Waals surface area contributed by atoms with Crippen LogP contribution >= 0.6 is 0 Å². The molecule has 3 heteroatoms. The average molecular weight is 269 g/mol. The molecule has 0 bridgehead atoms. The molecule has 1 heterocycles. The quantitative estimate of drug-likeness (QED) is 0.677. The van der Waals surface area contributed by atoms with Gasteiger partial charge in [-0.15, -0.1) is 0 Å². The van der Waals surface area contributed by atoms with Crippen LogP contribution in [0.4, 0.5) is 0 Å². The summed E-state index contributed by atoms with van der Waals surface area (Å²) in [5, 5.41) is 4.23. The van der Waals surface area contributed by atoms with Gasteiger partial charge in [-0.05, 0) is 0 Å². The van der Waals surface area contributed by atoms with Gasteiger partial charge in [0, 0.05) is 0 Å². The summed E-state index contributed by atoms with van der Waals surface area (Å²) in [7, 11) is 0. The molecule has 2 rings (SSSR count). The monoisotopic (exact) mass is 270 g/mol. The van der Waals surface area contributed by atoms with Crippen molar-refractivity contribution >= 4 is 20.8 Å². The van der Waals surface area contributed by atoms with E-state index < -0.39 is 0 Å². The summed E-state index contributed by atoms with van der Waals surface area (Å²) >= 11 is 0.309. The van der Waals surface area contributed by atoms with Crippen LogP contribution in [0.3, 0.4) is 0 Å². The number of nitrogens with zero attached hydrogens (tertiary/aromatic N) is 2. The first-order valence-electron chi connectivity index (χ1n) is 5.94. The van der Waals surface area contributed by atoms with E-state index in [-0.39, 0.29) is 0 Å². The predicted molar refractivity (Wildman–Crippen MR) is 64.0 cm³/mol. The Balaban J connectivity index is 2.02. The Hall–Kier alpha value is -0.401. The SMILES string of the molecule is C1=C\c2nn[se]c2CCCCCCCC/1. The predicted octanol–water partition coefficient (Wildman–Crippen LogP) is 2.83. The molecular formula is C12H18N2Se. The van der Waals surface area contributed by atoms with E-state index in [0.29, 0.717) is 14.7 Å². The fourth-order valence-electron chi connectivity index (χ4n) is 1.97. The van der Waals surface area contributed by atoms with Crippen molar-refractivity contribution in [3.63, 3.8) is 0 Å². The van der Waals surface area contributed by atoms with E-state index in [2.05, 4.69) is 21.3 Å². The van der Waals surface area contributed by atoms with Gasteiger partial charge in [0.1, 0.15) is 0 Å². The number of rotatable bonds is 0. The van der Waals surface area contributed by atoms with Crippen LogP contribution in [0.2, 0.25) is 0 Å². The van der Waals surface area contributed by atoms with E-state index in [0.717, 1.165) is 0 Å². The van der Waals surface area contributed by atoms with Crippen LogP contribution in [0.25, 0.3) is 6.08 Å². The molecule has 0 saturated carbocycles. The molecule has 0 amide bonds. The van der Waals surface area contributed by atoms with Crippen molar-refractivity contribution in [3.8, 4) is 0 Å². The summed E-state index contributed by atoms with van der Waals surface area (Å²) in [6.45, 7) is 0. The third kappa shape index (κ3) is 3.58. The number of hydrogen-bond donors (Lipinski definition) is 0. The van der Waals surface area contributed by atoms with Crippen molar-refractivity contribution in [3.05, 3.63) is 16.2 Å². The minimum absolute atomic E-state index is 0.309. The van der Waals surface area contributed by atoms with Gasteiger partial charge >= 0.3 is 97.6 Å². The van der Waals surface area contributed by atoms with Crippen LogP contribution in [-0.4, -0.2) is 23.9 Å². The van der Waals surface area contributed by atoms with Crippen LogP contribution in [0.1, 0.15) is 55.1 Å². The molecule has 0 aromatic carbocycles. The van der Waals surface area contributed by atoms with Gasteiger partial charge in [0.25, 0.3) is 0 Å². The zero-order valence-electron chi connectivity index (χ0n) is 9.11. The van der Waals surface area contributed by atoms with Crippen molar-refractivity contribution in [1.29, 1.82) is 0 Å². The van der Waals surface area contributed by atoms with Crippen molar-refractivity contribution in [2.24, 2.45) is 0 Å². The Morgan fingerprint density at radius 1 is 1.00 bits per heavy atom. The molecule has 0 N–H and O–H groups in total. The molecule has 1 aromatic heterocycles. The Bertz CT molecular complexity index is 317. The topological polar surface area (TPSA) is 25.8 Å². The standard InChI is InChI=1S/C12H18N2Se/c1-2-4-6-8-10-12-11(13-14-15-12)9-7-5-3-1/h7,9H,1-6,8,10H2/b9-7-. The van der Waals surface area contributed by atoms with E-state index in [9.17, 15) is 0 Å². The van der Waals surface area contributed by atoms with Gasteiger partial charge in [-0.1, -0.05) is 0 Å². The van der Waals surface area contributed by atoms with Crippen molar-refractivity contribution in [2.45, 2.75) is 51.4 Å². The van der Waals surface area contributed by atoms with Crippen LogP contribution < -0.4 is 0 Å². The van der Waals surface area contributed by atoms with Crippen LogP contribution in [0.15, 0.2) is 6.08 Å². The number of fused-ring (bicyclic) bond motifs is 1. The molecule has 2 nitrogen and oxygen atoms in total. The molecular weight excluding hydrogens is 251 g/mol. The maximum absolute atomic E-state index is 4.23. The summed E-state index contributed by atoms with van der Waals surface area (Å²) < 4.78 is 5.69. The van der Waals surface area contributed by atoms with Crippen LogP contribution in [0, 0.1) is 0 Å². The Morgan fingerprint density at radius 2 is 1.80 bits per heavy atom. The van der Waals surface area contributed by atoms with Gasteiger partial charge in [0.05, 0.1) is 0 Å². The van der Waals surface area contributed by atoms with Crippen LogP contribution in [-0.2, 0) is 6.42 Å². The molecule has 0 unspecified atom stereocenters. The molecule has 1 aliphatic rings. The fraction of sp³-hybridized carbons (Fsp3) is 0.667. The second-order valence-electron chi connectivity index (χ2n) is 4.14. The molecule has 15 heavy (non-hydrogen) atoms. The molecule has 0 atom stereocenters. The molecule has 0 aliphatic heterocycles. The number of allylic oxidation sites excluding steroid dienone is 1. The fourth-order valence-corrected chi connectivity index (χ4v) is 3.36. The molecule has 0 saturated heterocycles. The molecule has 0 radical (unpaired) electrons. The number of aryl methyl sites for hydroxylation is 1. The van der Waals surface area contributed by atoms with Gasteiger partial charge in [-0.3, -0.25) is 0 Å². The molecule has 82 valence electrons. The van der Waals surface area contributed by atoms with Crippen LogP contribution in [0.5, 0.6) is 0 Å². The second-order valence-corrected chi connectivity index (χ2v) is 5.90. The first-order valence-corrected chi connectivity index (χ1v) is 7.57. The summed E-state index contributed by atoms with van der Waals surface area (Å²) in [4.78, 5) is 0. The van der Waals surface area contributed by atoms with Crippen molar-refractivity contribution in [2.75, 3.05) is 0 Å². The zero-order valence-corrected chi connectivity index (χ0v) is 10.8. The van der Waals surface area contributed by atoms with Gasteiger partial charge in [0.2, 0.25) is 0 Å². The first kappa shape index (κ1) is 11.1. The maximum atomic E-state index is 4.23. The van der Waals surface area contributed by atoms with E-state index in [1.807, 2.05) is 0 Å².